The Morgan fingerprint density at radius 1 is 0.900 bits per heavy atom. The molecule has 2 amide bonds. The van der Waals surface area contributed by atoms with Gasteiger partial charge in [-0.15, -0.1) is 0 Å². The molecule has 7 rings (SSSR count). The van der Waals surface area contributed by atoms with E-state index in [0.29, 0.717) is 5.02 Å². The van der Waals surface area contributed by atoms with Gasteiger partial charge in [-0.05, 0) is 41.3 Å². The third-order valence-corrected chi connectivity index (χ3v) is 7.43. The first kappa shape index (κ1) is 17.7. The molecule has 148 valence electrons. The van der Waals surface area contributed by atoms with Crippen molar-refractivity contribution in [2.75, 3.05) is 4.90 Å². The van der Waals surface area contributed by atoms with Crippen molar-refractivity contribution in [1.82, 2.24) is 0 Å². The second-order valence-corrected chi connectivity index (χ2v) is 8.98. The van der Waals surface area contributed by atoms with Crippen LogP contribution in [0.25, 0.3) is 0 Å². The highest BCUT2D eigenvalue weighted by molar-refractivity contribution is 6.31. The molecule has 1 N–H and O–H groups in total. The Kier molecular flexibility index (Phi) is 3.39. The molecule has 3 aromatic rings. The lowest BCUT2D eigenvalue weighted by Gasteiger charge is -2.51. The Morgan fingerprint density at radius 3 is 2.03 bits per heavy atom. The summed E-state index contributed by atoms with van der Waals surface area (Å²) in [6.45, 7) is 1.91. The molecule has 0 spiro atoms. The summed E-state index contributed by atoms with van der Waals surface area (Å²) in [4.78, 5) is 28.8. The number of anilines is 1. The van der Waals surface area contributed by atoms with Gasteiger partial charge in [-0.25, -0.2) is 4.90 Å². The number of halogens is 1. The van der Waals surface area contributed by atoms with Crippen LogP contribution in [0.15, 0.2) is 66.7 Å². The number of nitrogens with zero attached hydrogens (tertiary/aromatic N) is 1. The predicted molar refractivity (Wildman–Crippen MR) is 114 cm³/mol. The lowest BCUT2D eigenvalue weighted by Crippen LogP contribution is -2.49. The molecule has 1 heterocycles. The van der Waals surface area contributed by atoms with Gasteiger partial charge in [0.2, 0.25) is 11.8 Å². The van der Waals surface area contributed by atoms with E-state index in [1.165, 1.54) is 17.0 Å². The third kappa shape index (κ3) is 1.93. The van der Waals surface area contributed by atoms with Crippen LogP contribution in [0.4, 0.5) is 5.69 Å². The normalized spacial score (nSPS) is 28.3. The number of hydrogen-bond donors (Lipinski definition) is 1. The Morgan fingerprint density at radius 2 is 1.47 bits per heavy atom. The van der Waals surface area contributed by atoms with Gasteiger partial charge in [-0.2, -0.15) is 0 Å². The topological polar surface area (TPSA) is 57.6 Å². The molecule has 1 fully saturated rings. The average Bonchev–Trinajstić information content (AvgIpc) is 2.94. The molecule has 3 aliphatic carbocycles. The fraction of sp³-hybridized carbons (Fsp3) is 0.200. The van der Waals surface area contributed by atoms with Gasteiger partial charge in [0.25, 0.3) is 0 Å². The minimum Gasteiger partial charge on any atom is -0.506 e. The Balaban J connectivity index is 1.62. The second-order valence-electron chi connectivity index (χ2n) is 8.54. The van der Waals surface area contributed by atoms with Gasteiger partial charge in [0.1, 0.15) is 5.75 Å². The number of benzene rings is 3. The van der Waals surface area contributed by atoms with E-state index in [-0.39, 0.29) is 35.1 Å². The van der Waals surface area contributed by atoms with Gasteiger partial charge in [0, 0.05) is 22.9 Å². The van der Waals surface area contributed by atoms with E-state index >= 15 is 0 Å². The molecule has 5 heteroatoms. The Bertz CT molecular complexity index is 1220. The lowest BCUT2D eigenvalue weighted by molar-refractivity contribution is -0.128. The summed E-state index contributed by atoms with van der Waals surface area (Å²) in [6.07, 6.45) is 0. The fourth-order valence-corrected chi connectivity index (χ4v) is 6.20. The number of amides is 2. The van der Waals surface area contributed by atoms with Crippen molar-refractivity contribution in [2.24, 2.45) is 11.3 Å². The number of imide groups is 1. The van der Waals surface area contributed by atoms with Crippen molar-refractivity contribution in [3.63, 3.8) is 0 Å². The highest BCUT2D eigenvalue weighted by Gasteiger charge is 2.69. The first-order chi connectivity index (χ1) is 14.4. The highest BCUT2D eigenvalue weighted by Crippen LogP contribution is 2.67. The van der Waals surface area contributed by atoms with Crippen LogP contribution in [-0.4, -0.2) is 16.9 Å². The molecule has 3 aromatic carbocycles. The smallest absolute Gasteiger partial charge is 0.241 e. The van der Waals surface area contributed by atoms with E-state index in [1.54, 1.807) is 6.07 Å². The van der Waals surface area contributed by atoms with Crippen LogP contribution < -0.4 is 4.90 Å². The molecular formula is C25H18ClNO3. The van der Waals surface area contributed by atoms with Crippen molar-refractivity contribution < 1.29 is 14.7 Å². The van der Waals surface area contributed by atoms with Gasteiger partial charge in [-0.1, -0.05) is 60.1 Å². The van der Waals surface area contributed by atoms with Crippen LogP contribution in [-0.2, 0) is 9.59 Å². The zero-order chi connectivity index (χ0) is 20.8. The molecule has 1 saturated heterocycles. The number of carbonyl (C=O) groups excluding carboxylic acids is 2. The number of carbonyl (C=O) groups is 2. The monoisotopic (exact) mass is 415 g/mol. The minimum atomic E-state index is -0.920. The van der Waals surface area contributed by atoms with E-state index in [2.05, 4.69) is 24.3 Å². The van der Waals surface area contributed by atoms with Gasteiger partial charge < -0.3 is 5.11 Å². The van der Waals surface area contributed by atoms with Gasteiger partial charge in [-0.3, -0.25) is 9.59 Å². The zero-order valence-corrected chi connectivity index (χ0v) is 16.9. The SMILES string of the molecule is C[C@@]12C(=O)N(c3ccc(Cl)cc3O)C(=O)[C@H]1C1c3ccccc3C2c2ccccc21. The molecule has 30 heavy (non-hydrogen) atoms. The molecule has 4 aliphatic rings. The first-order valence-corrected chi connectivity index (χ1v) is 10.4. The van der Waals surface area contributed by atoms with E-state index in [1.807, 2.05) is 31.2 Å². The summed E-state index contributed by atoms with van der Waals surface area (Å²) in [5, 5.41) is 10.8. The second kappa shape index (κ2) is 5.73. The van der Waals surface area contributed by atoms with Crippen molar-refractivity contribution in [2.45, 2.75) is 18.8 Å². The molecule has 0 saturated carbocycles. The fourth-order valence-electron chi connectivity index (χ4n) is 6.03. The summed E-state index contributed by atoms with van der Waals surface area (Å²) >= 11 is 5.98. The predicted octanol–water partition coefficient (Wildman–Crippen LogP) is 4.83. The first-order valence-electron chi connectivity index (χ1n) is 9.99. The lowest BCUT2D eigenvalue weighted by atomic mass is 9.48. The molecule has 0 aromatic heterocycles. The van der Waals surface area contributed by atoms with Gasteiger partial charge >= 0.3 is 0 Å². The molecule has 2 bridgehead atoms. The van der Waals surface area contributed by atoms with Crippen molar-refractivity contribution >= 4 is 29.1 Å². The summed E-state index contributed by atoms with van der Waals surface area (Å²) in [7, 11) is 0. The number of aromatic hydroxyl groups is 1. The summed E-state index contributed by atoms with van der Waals surface area (Å²) in [5.41, 5.74) is 3.74. The maximum atomic E-state index is 13.9. The maximum absolute atomic E-state index is 13.9. The standard InChI is InChI=1S/C25H18ClNO3/c1-25-21-16-8-4-2-6-14(16)20(15-7-3-5-9-17(15)21)22(25)23(29)27(24(25)30)18-11-10-13(26)12-19(18)28/h2-12,20-22,28H,1H3/t20?,21?,22-,25+/m1/s1. The van der Waals surface area contributed by atoms with Crippen LogP contribution in [0.1, 0.15) is 41.0 Å². The summed E-state index contributed by atoms with van der Waals surface area (Å²) in [5.74, 6) is -1.63. The molecule has 0 unspecified atom stereocenters. The molecule has 0 radical (unpaired) electrons. The zero-order valence-electron chi connectivity index (χ0n) is 16.2. The van der Waals surface area contributed by atoms with Crippen LogP contribution in [0.2, 0.25) is 5.02 Å². The van der Waals surface area contributed by atoms with Crippen LogP contribution in [0, 0.1) is 11.3 Å². The number of hydrogen-bond acceptors (Lipinski definition) is 3. The van der Waals surface area contributed by atoms with Gasteiger partial charge in [0.05, 0.1) is 17.0 Å². The largest absolute Gasteiger partial charge is 0.506 e. The van der Waals surface area contributed by atoms with E-state index in [9.17, 15) is 14.7 Å². The van der Waals surface area contributed by atoms with Crippen LogP contribution >= 0.6 is 11.6 Å². The van der Waals surface area contributed by atoms with Crippen molar-refractivity contribution in [3.05, 3.63) is 94.0 Å². The molecular weight excluding hydrogens is 398 g/mol. The Labute approximate surface area is 178 Å². The van der Waals surface area contributed by atoms with Crippen molar-refractivity contribution in [3.8, 4) is 5.75 Å². The summed E-state index contributed by atoms with van der Waals surface area (Å²) < 4.78 is 0. The quantitative estimate of drug-likeness (QED) is 0.579. The van der Waals surface area contributed by atoms with E-state index in [0.717, 1.165) is 22.3 Å². The molecule has 1 aliphatic heterocycles. The van der Waals surface area contributed by atoms with Crippen LogP contribution in [0.5, 0.6) is 5.75 Å². The molecule has 2 atom stereocenters. The number of phenolic OH excluding ortho intramolecular Hbond substituents is 1. The van der Waals surface area contributed by atoms with Gasteiger partial charge in [0.15, 0.2) is 0 Å². The van der Waals surface area contributed by atoms with E-state index in [4.69, 9.17) is 11.6 Å². The average molecular weight is 416 g/mol. The minimum absolute atomic E-state index is 0.172. The highest BCUT2D eigenvalue weighted by atomic mass is 35.5. The van der Waals surface area contributed by atoms with Crippen molar-refractivity contribution in [1.29, 1.82) is 0 Å². The third-order valence-electron chi connectivity index (χ3n) is 7.19. The summed E-state index contributed by atoms with van der Waals surface area (Å²) in [6, 6.07) is 20.7. The number of phenols is 1. The van der Waals surface area contributed by atoms with E-state index < -0.39 is 11.3 Å². The van der Waals surface area contributed by atoms with Crippen LogP contribution in [0.3, 0.4) is 0 Å². The maximum Gasteiger partial charge on any atom is 0.241 e. The molecule has 4 nitrogen and oxygen atoms in total. The number of rotatable bonds is 1. The Hall–Kier alpha value is -3.11.